The lowest BCUT2D eigenvalue weighted by Gasteiger charge is -2.37. The molecule has 0 bridgehead atoms. The minimum Gasteiger partial charge on any atom is -0.496 e. The number of carbonyl (C=O) groups excluding carboxylic acids is 2. The van der Waals surface area contributed by atoms with Crippen LogP contribution in [0.15, 0.2) is 42.5 Å². The summed E-state index contributed by atoms with van der Waals surface area (Å²) in [5.41, 5.74) is 1.93. The molecule has 142 valence electrons. The van der Waals surface area contributed by atoms with E-state index in [2.05, 4.69) is 5.32 Å². The van der Waals surface area contributed by atoms with Gasteiger partial charge in [-0.3, -0.25) is 9.59 Å². The maximum absolute atomic E-state index is 13.4. The van der Waals surface area contributed by atoms with Gasteiger partial charge in [-0.05, 0) is 32.0 Å². The molecule has 1 fully saturated rings. The summed E-state index contributed by atoms with van der Waals surface area (Å²) in [6, 6.07) is 12.8. The summed E-state index contributed by atoms with van der Waals surface area (Å²) < 4.78 is 10.8. The van der Waals surface area contributed by atoms with Crippen LogP contribution in [0.4, 0.5) is 0 Å². The van der Waals surface area contributed by atoms with Gasteiger partial charge in [-0.25, -0.2) is 0 Å². The van der Waals surface area contributed by atoms with Gasteiger partial charge in [-0.1, -0.05) is 29.8 Å². The molecule has 5 nitrogen and oxygen atoms in total. The summed E-state index contributed by atoms with van der Waals surface area (Å²) >= 11 is 0. The number of ether oxygens (including phenoxy) is 2. The number of benzene rings is 2. The molecule has 3 rings (SSSR count). The van der Waals surface area contributed by atoms with Crippen molar-refractivity contribution in [3.05, 3.63) is 64.7 Å². The molecule has 0 spiro atoms. The molecule has 1 N–H and O–H groups in total. The molecule has 1 saturated heterocycles. The SMILES string of the molecule is COc1cccc(C(=O)NC2(C(=O)c3cccc(C)c3)CCOCC2)c1C. The van der Waals surface area contributed by atoms with Gasteiger partial charge >= 0.3 is 0 Å². The first-order valence-electron chi connectivity index (χ1n) is 9.12. The number of hydrogen-bond acceptors (Lipinski definition) is 4. The lowest BCUT2D eigenvalue weighted by Crippen LogP contribution is -2.57. The van der Waals surface area contributed by atoms with Crippen molar-refractivity contribution >= 4 is 11.7 Å². The van der Waals surface area contributed by atoms with Crippen molar-refractivity contribution in [3.63, 3.8) is 0 Å². The second-order valence-corrected chi connectivity index (χ2v) is 6.98. The Morgan fingerprint density at radius 2 is 1.78 bits per heavy atom. The summed E-state index contributed by atoms with van der Waals surface area (Å²) in [7, 11) is 1.57. The Bertz CT molecular complexity index is 853. The Morgan fingerprint density at radius 1 is 1.07 bits per heavy atom. The first kappa shape index (κ1) is 19.1. The van der Waals surface area contributed by atoms with Crippen LogP contribution in [0, 0.1) is 13.8 Å². The van der Waals surface area contributed by atoms with E-state index in [1.54, 1.807) is 25.3 Å². The Labute approximate surface area is 159 Å². The normalized spacial score (nSPS) is 15.8. The van der Waals surface area contributed by atoms with Gasteiger partial charge in [0.2, 0.25) is 0 Å². The lowest BCUT2D eigenvalue weighted by atomic mass is 9.81. The van der Waals surface area contributed by atoms with Crippen LogP contribution in [0.2, 0.25) is 0 Å². The molecule has 5 heteroatoms. The van der Waals surface area contributed by atoms with Crippen molar-refractivity contribution in [1.29, 1.82) is 0 Å². The number of aryl methyl sites for hydroxylation is 1. The van der Waals surface area contributed by atoms with Gasteiger partial charge in [0.15, 0.2) is 5.78 Å². The number of methoxy groups -OCH3 is 1. The molecule has 0 unspecified atom stereocenters. The molecule has 0 aliphatic carbocycles. The highest BCUT2D eigenvalue weighted by molar-refractivity contribution is 6.07. The van der Waals surface area contributed by atoms with Gasteiger partial charge in [0.25, 0.3) is 5.91 Å². The summed E-state index contributed by atoms with van der Waals surface area (Å²) in [5, 5.41) is 3.03. The van der Waals surface area contributed by atoms with Gasteiger partial charge < -0.3 is 14.8 Å². The molecule has 1 aliphatic rings. The topological polar surface area (TPSA) is 64.6 Å². The minimum atomic E-state index is -0.960. The Kier molecular flexibility index (Phi) is 5.61. The first-order valence-corrected chi connectivity index (χ1v) is 9.12. The molecule has 1 amide bonds. The van der Waals surface area contributed by atoms with Crippen molar-refractivity contribution in [2.24, 2.45) is 0 Å². The number of amides is 1. The predicted octanol–water partition coefficient (Wildman–Crippen LogP) is 3.47. The smallest absolute Gasteiger partial charge is 0.252 e. The van der Waals surface area contributed by atoms with Crippen LogP contribution < -0.4 is 10.1 Å². The maximum atomic E-state index is 13.4. The minimum absolute atomic E-state index is 0.0663. The van der Waals surface area contributed by atoms with Crippen LogP contribution in [0.3, 0.4) is 0 Å². The van der Waals surface area contributed by atoms with E-state index < -0.39 is 5.54 Å². The fourth-order valence-electron chi connectivity index (χ4n) is 3.56. The summed E-state index contributed by atoms with van der Waals surface area (Å²) in [4.78, 5) is 26.4. The molecule has 2 aromatic carbocycles. The van der Waals surface area contributed by atoms with Crippen molar-refractivity contribution in [2.45, 2.75) is 32.2 Å². The number of nitrogens with one attached hydrogen (secondary N) is 1. The Morgan fingerprint density at radius 3 is 2.44 bits per heavy atom. The molecule has 0 aromatic heterocycles. The predicted molar refractivity (Wildman–Crippen MR) is 103 cm³/mol. The molecule has 0 saturated carbocycles. The Balaban J connectivity index is 1.94. The van der Waals surface area contributed by atoms with E-state index in [0.717, 1.165) is 11.1 Å². The van der Waals surface area contributed by atoms with Crippen molar-refractivity contribution in [3.8, 4) is 5.75 Å². The first-order chi connectivity index (χ1) is 13.0. The molecule has 0 atom stereocenters. The van der Waals surface area contributed by atoms with E-state index in [1.165, 1.54) is 0 Å². The molecule has 1 aliphatic heterocycles. The maximum Gasteiger partial charge on any atom is 0.252 e. The molecule has 1 heterocycles. The monoisotopic (exact) mass is 367 g/mol. The fraction of sp³-hybridized carbons (Fsp3) is 0.364. The summed E-state index contributed by atoms with van der Waals surface area (Å²) in [5.74, 6) is 0.311. The van der Waals surface area contributed by atoms with Gasteiger partial charge in [-0.15, -0.1) is 0 Å². The quantitative estimate of drug-likeness (QED) is 0.822. The van der Waals surface area contributed by atoms with Crippen LogP contribution in [0.5, 0.6) is 5.75 Å². The number of rotatable bonds is 5. The number of carbonyl (C=O) groups is 2. The van der Waals surface area contributed by atoms with Crippen LogP contribution in [-0.4, -0.2) is 37.6 Å². The number of Topliss-reactive ketones (excluding diaryl/α,β-unsaturated/α-hetero) is 1. The van der Waals surface area contributed by atoms with E-state index >= 15 is 0 Å². The zero-order valence-electron chi connectivity index (χ0n) is 16.0. The molecule has 0 radical (unpaired) electrons. The second-order valence-electron chi connectivity index (χ2n) is 6.98. The molecular formula is C22H25NO4. The molecule has 2 aromatic rings. The second kappa shape index (κ2) is 7.92. The van der Waals surface area contributed by atoms with Crippen LogP contribution in [0.1, 0.15) is 44.7 Å². The highest BCUT2D eigenvalue weighted by Crippen LogP contribution is 2.28. The third-order valence-electron chi connectivity index (χ3n) is 5.16. The van der Waals surface area contributed by atoms with Crippen molar-refractivity contribution in [2.75, 3.05) is 20.3 Å². The van der Waals surface area contributed by atoms with Crippen LogP contribution in [0.25, 0.3) is 0 Å². The van der Waals surface area contributed by atoms with Crippen LogP contribution >= 0.6 is 0 Å². The highest BCUT2D eigenvalue weighted by Gasteiger charge is 2.42. The van der Waals surface area contributed by atoms with E-state index in [-0.39, 0.29) is 11.7 Å². The zero-order valence-corrected chi connectivity index (χ0v) is 16.0. The van der Waals surface area contributed by atoms with Gasteiger partial charge in [-0.2, -0.15) is 0 Å². The van der Waals surface area contributed by atoms with E-state index in [4.69, 9.17) is 9.47 Å². The lowest BCUT2D eigenvalue weighted by molar-refractivity contribution is 0.0322. The fourth-order valence-corrected chi connectivity index (χ4v) is 3.56. The molecule has 27 heavy (non-hydrogen) atoms. The average molecular weight is 367 g/mol. The third-order valence-corrected chi connectivity index (χ3v) is 5.16. The zero-order chi connectivity index (χ0) is 19.4. The Hall–Kier alpha value is -2.66. The number of hydrogen-bond donors (Lipinski definition) is 1. The highest BCUT2D eigenvalue weighted by atomic mass is 16.5. The van der Waals surface area contributed by atoms with Gasteiger partial charge in [0, 0.05) is 42.7 Å². The van der Waals surface area contributed by atoms with Crippen molar-refractivity contribution < 1.29 is 19.1 Å². The summed E-state index contributed by atoms with van der Waals surface area (Å²) in [6.45, 7) is 4.67. The number of ketones is 1. The van der Waals surface area contributed by atoms with E-state index in [9.17, 15) is 9.59 Å². The van der Waals surface area contributed by atoms with Crippen molar-refractivity contribution in [1.82, 2.24) is 5.32 Å². The summed E-state index contributed by atoms with van der Waals surface area (Å²) in [6.07, 6.45) is 0.906. The standard InChI is InChI=1S/C22H25NO4/c1-15-6-4-7-17(14-15)20(24)22(10-12-27-13-11-22)23-21(25)18-8-5-9-19(26-3)16(18)2/h4-9,14H,10-13H2,1-3H3,(H,23,25). The van der Waals surface area contributed by atoms with Gasteiger partial charge in [0.1, 0.15) is 11.3 Å². The average Bonchev–Trinajstić information content (AvgIpc) is 2.68. The van der Waals surface area contributed by atoms with E-state index in [1.807, 2.05) is 38.1 Å². The van der Waals surface area contributed by atoms with E-state index in [0.29, 0.717) is 42.9 Å². The third kappa shape index (κ3) is 3.88. The largest absolute Gasteiger partial charge is 0.496 e. The van der Waals surface area contributed by atoms with Gasteiger partial charge in [0.05, 0.1) is 7.11 Å². The van der Waals surface area contributed by atoms with Crippen LogP contribution in [-0.2, 0) is 4.74 Å². The molecular weight excluding hydrogens is 342 g/mol.